The highest BCUT2D eigenvalue weighted by molar-refractivity contribution is 6.11. The Labute approximate surface area is 86.4 Å². The molecule has 0 aliphatic heterocycles. The summed E-state index contributed by atoms with van der Waals surface area (Å²) in [5.41, 5.74) is 7.87. The number of aryl methyl sites for hydroxylation is 1. The quantitative estimate of drug-likeness (QED) is 0.598. The van der Waals surface area contributed by atoms with Gasteiger partial charge in [0.05, 0.1) is 10.9 Å². The Balaban J connectivity index is 2.70. The molecule has 0 unspecified atom stereocenters. The van der Waals surface area contributed by atoms with Crippen molar-refractivity contribution in [2.75, 3.05) is 5.73 Å². The normalized spacial score (nSPS) is 11.3. The average Bonchev–Trinajstić information content (AvgIpc) is 2.55. The largest absolute Gasteiger partial charge is 0.383 e. The summed E-state index contributed by atoms with van der Waals surface area (Å²) in [7, 11) is 1.98. The first-order valence-electron chi connectivity index (χ1n) is 4.72. The summed E-state index contributed by atoms with van der Waals surface area (Å²) in [4.78, 5) is 8.27. The number of nitrogen functional groups attached to an aromatic ring is 1. The maximum Gasteiger partial charge on any atom is 0.146 e. The van der Waals surface area contributed by atoms with Gasteiger partial charge in [-0.05, 0) is 6.07 Å². The number of fused-ring (bicyclic) bond motifs is 3. The van der Waals surface area contributed by atoms with Gasteiger partial charge < -0.3 is 10.3 Å². The number of hydrogen-bond donors (Lipinski definition) is 1. The standard InChI is InChI=1S/C11H10N4/c1-15-8-5-3-2-4-7(8)9-10(12)13-6-14-11(9)15/h2-6H,1H3,(H2,12,13,14). The van der Waals surface area contributed by atoms with Gasteiger partial charge >= 0.3 is 0 Å². The van der Waals surface area contributed by atoms with Gasteiger partial charge in [0, 0.05) is 12.4 Å². The molecular formula is C11H10N4. The Morgan fingerprint density at radius 3 is 2.87 bits per heavy atom. The zero-order valence-electron chi connectivity index (χ0n) is 8.31. The average molecular weight is 198 g/mol. The van der Waals surface area contributed by atoms with Crippen LogP contribution in [-0.4, -0.2) is 14.5 Å². The van der Waals surface area contributed by atoms with E-state index in [-0.39, 0.29) is 0 Å². The predicted octanol–water partition coefficient (Wildman–Crippen LogP) is 1.70. The van der Waals surface area contributed by atoms with E-state index in [0.717, 1.165) is 21.9 Å². The van der Waals surface area contributed by atoms with Crippen molar-refractivity contribution in [1.82, 2.24) is 14.5 Å². The molecule has 3 aromatic rings. The molecule has 2 N–H and O–H groups in total. The second kappa shape index (κ2) is 2.70. The monoisotopic (exact) mass is 198 g/mol. The molecule has 0 radical (unpaired) electrons. The number of hydrogen-bond acceptors (Lipinski definition) is 3. The molecule has 1 aromatic carbocycles. The number of benzene rings is 1. The van der Waals surface area contributed by atoms with Crippen LogP contribution in [0.25, 0.3) is 21.9 Å². The molecule has 0 spiro atoms. The molecule has 4 nitrogen and oxygen atoms in total. The number of nitrogens with two attached hydrogens (primary N) is 1. The van der Waals surface area contributed by atoms with Gasteiger partial charge in [0.25, 0.3) is 0 Å². The van der Waals surface area contributed by atoms with Crippen LogP contribution in [0.1, 0.15) is 0 Å². The highest BCUT2D eigenvalue weighted by atomic mass is 15.0. The Morgan fingerprint density at radius 2 is 2.00 bits per heavy atom. The van der Waals surface area contributed by atoms with Crippen LogP contribution < -0.4 is 5.73 Å². The minimum absolute atomic E-state index is 0.539. The number of nitrogens with zero attached hydrogens (tertiary/aromatic N) is 3. The van der Waals surface area contributed by atoms with E-state index in [1.807, 2.05) is 29.8 Å². The molecule has 4 heteroatoms. The van der Waals surface area contributed by atoms with Crippen LogP contribution in [0.15, 0.2) is 30.6 Å². The Kier molecular flexibility index (Phi) is 1.48. The van der Waals surface area contributed by atoms with Crippen molar-refractivity contribution in [2.45, 2.75) is 0 Å². The van der Waals surface area contributed by atoms with Gasteiger partial charge in [-0.3, -0.25) is 0 Å². The van der Waals surface area contributed by atoms with Gasteiger partial charge in [-0.1, -0.05) is 18.2 Å². The zero-order valence-corrected chi connectivity index (χ0v) is 8.31. The van der Waals surface area contributed by atoms with Crippen molar-refractivity contribution < 1.29 is 0 Å². The maximum atomic E-state index is 5.87. The van der Waals surface area contributed by atoms with Crippen LogP contribution >= 0.6 is 0 Å². The summed E-state index contributed by atoms with van der Waals surface area (Å²) in [5.74, 6) is 0.539. The molecule has 0 amide bonds. The van der Waals surface area contributed by atoms with Gasteiger partial charge in [0.2, 0.25) is 0 Å². The van der Waals surface area contributed by atoms with Gasteiger partial charge in [0.15, 0.2) is 0 Å². The van der Waals surface area contributed by atoms with Crippen LogP contribution in [0, 0.1) is 0 Å². The van der Waals surface area contributed by atoms with Crippen molar-refractivity contribution >= 4 is 27.8 Å². The lowest BCUT2D eigenvalue weighted by atomic mass is 10.2. The summed E-state index contributed by atoms with van der Waals surface area (Å²) < 4.78 is 2.03. The SMILES string of the molecule is Cn1c2ccccc2c2c(N)ncnc21. The predicted molar refractivity (Wildman–Crippen MR) is 60.4 cm³/mol. The summed E-state index contributed by atoms with van der Waals surface area (Å²) in [6, 6.07) is 8.09. The molecule has 0 aliphatic carbocycles. The van der Waals surface area contributed by atoms with Crippen LogP contribution in [0.2, 0.25) is 0 Å². The van der Waals surface area contributed by atoms with Crippen LogP contribution in [-0.2, 0) is 7.05 Å². The van der Waals surface area contributed by atoms with E-state index < -0.39 is 0 Å². The fourth-order valence-electron chi connectivity index (χ4n) is 1.99. The lowest BCUT2D eigenvalue weighted by molar-refractivity contribution is 0.983. The van der Waals surface area contributed by atoms with Crippen LogP contribution in [0.3, 0.4) is 0 Å². The van der Waals surface area contributed by atoms with Crippen molar-refractivity contribution in [2.24, 2.45) is 7.05 Å². The summed E-state index contributed by atoms with van der Waals surface area (Å²) in [6.07, 6.45) is 1.50. The summed E-state index contributed by atoms with van der Waals surface area (Å²) in [6.45, 7) is 0. The van der Waals surface area contributed by atoms with E-state index in [1.54, 1.807) is 0 Å². The van der Waals surface area contributed by atoms with Gasteiger partial charge in [-0.15, -0.1) is 0 Å². The molecule has 2 heterocycles. The third-order valence-corrected chi connectivity index (χ3v) is 2.71. The van der Waals surface area contributed by atoms with Crippen molar-refractivity contribution in [1.29, 1.82) is 0 Å². The van der Waals surface area contributed by atoms with Crippen LogP contribution in [0.5, 0.6) is 0 Å². The van der Waals surface area contributed by atoms with Crippen molar-refractivity contribution in [3.05, 3.63) is 30.6 Å². The molecule has 0 bridgehead atoms. The molecule has 74 valence electrons. The highest BCUT2D eigenvalue weighted by Gasteiger charge is 2.10. The zero-order chi connectivity index (χ0) is 10.4. The first-order valence-corrected chi connectivity index (χ1v) is 4.72. The van der Waals surface area contributed by atoms with Gasteiger partial charge in [-0.25, -0.2) is 9.97 Å². The Hall–Kier alpha value is -2.10. The molecule has 0 atom stereocenters. The van der Waals surface area contributed by atoms with Crippen LogP contribution in [0.4, 0.5) is 5.82 Å². The molecule has 0 saturated heterocycles. The lowest BCUT2D eigenvalue weighted by Crippen LogP contribution is -1.94. The lowest BCUT2D eigenvalue weighted by Gasteiger charge is -1.95. The van der Waals surface area contributed by atoms with E-state index in [4.69, 9.17) is 5.73 Å². The molecule has 0 aliphatic rings. The van der Waals surface area contributed by atoms with E-state index in [0.29, 0.717) is 5.82 Å². The number of rotatable bonds is 0. The molecule has 0 saturated carbocycles. The minimum Gasteiger partial charge on any atom is -0.383 e. The van der Waals surface area contributed by atoms with E-state index in [1.165, 1.54) is 6.33 Å². The smallest absolute Gasteiger partial charge is 0.146 e. The molecule has 0 fully saturated rings. The Bertz CT molecular complexity index is 654. The fraction of sp³-hybridized carbons (Fsp3) is 0.0909. The number of para-hydroxylation sites is 1. The number of anilines is 1. The second-order valence-corrected chi connectivity index (χ2v) is 3.53. The van der Waals surface area contributed by atoms with E-state index >= 15 is 0 Å². The second-order valence-electron chi connectivity index (χ2n) is 3.53. The molecular weight excluding hydrogens is 188 g/mol. The summed E-state index contributed by atoms with van der Waals surface area (Å²) in [5, 5.41) is 2.05. The maximum absolute atomic E-state index is 5.87. The first-order chi connectivity index (χ1) is 7.29. The third-order valence-electron chi connectivity index (χ3n) is 2.71. The fourth-order valence-corrected chi connectivity index (χ4v) is 1.99. The Morgan fingerprint density at radius 1 is 1.20 bits per heavy atom. The van der Waals surface area contributed by atoms with Gasteiger partial charge in [0.1, 0.15) is 17.8 Å². The molecule has 15 heavy (non-hydrogen) atoms. The number of aromatic nitrogens is 3. The minimum atomic E-state index is 0.539. The topological polar surface area (TPSA) is 56.7 Å². The van der Waals surface area contributed by atoms with E-state index in [2.05, 4.69) is 16.0 Å². The summed E-state index contributed by atoms with van der Waals surface area (Å²) >= 11 is 0. The first kappa shape index (κ1) is 8.23. The van der Waals surface area contributed by atoms with Gasteiger partial charge in [-0.2, -0.15) is 0 Å². The van der Waals surface area contributed by atoms with Crippen molar-refractivity contribution in [3.8, 4) is 0 Å². The van der Waals surface area contributed by atoms with Crippen molar-refractivity contribution in [3.63, 3.8) is 0 Å². The van der Waals surface area contributed by atoms with E-state index in [9.17, 15) is 0 Å². The molecule has 2 aromatic heterocycles. The highest BCUT2D eigenvalue weighted by Crippen LogP contribution is 2.28. The molecule has 3 rings (SSSR count). The third kappa shape index (κ3) is 0.958.